The van der Waals surface area contributed by atoms with Crippen LogP contribution in [0.5, 0.6) is 0 Å². The van der Waals surface area contributed by atoms with E-state index in [2.05, 4.69) is 29.7 Å². The van der Waals surface area contributed by atoms with Gasteiger partial charge in [0.15, 0.2) is 0 Å². The molecule has 1 heterocycles. The van der Waals surface area contributed by atoms with Gasteiger partial charge in [-0.1, -0.05) is 54.9 Å². The first-order valence-corrected chi connectivity index (χ1v) is 15.7. The van der Waals surface area contributed by atoms with Crippen LogP contribution in [0.4, 0.5) is 4.79 Å². The summed E-state index contributed by atoms with van der Waals surface area (Å²) in [5, 5.41) is 28.1. The van der Waals surface area contributed by atoms with Crippen molar-refractivity contribution >= 4 is 23.6 Å². The molecule has 1 saturated carbocycles. The lowest BCUT2D eigenvalue weighted by atomic mass is 9.71. The predicted octanol–water partition coefficient (Wildman–Crippen LogP) is 6.07. The maximum Gasteiger partial charge on any atom is 0.404 e. The molecule has 0 radical (unpaired) electrons. The van der Waals surface area contributed by atoms with E-state index in [0.29, 0.717) is 36.9 Å². The third-order valence-corrected chi connectivity index (χ3v) is 9.53. The van der Waals surface area contributed by atoms with Crippen molar-refractivity contribution in [3.05, 3.63) is 58.6 Å². The molecule has 2 amide bonds. The fourth-order valence-electron chi connectivity index (χ4n) is 6.96. The third kappa shape index (κ3) is 7.62. The Hall–Kier alpha value is -2.61. The van der Waals surface area contributed by atoms with Gasteiger partial charge in [-0.3, -0.25) is 4.79 Å². The van der Waals surface area contributed by atoms with Gasteiger partial charge < -0.3 is 25.7 Å². The number of aliphatic hydroxyl groups is 1. The van der Waals surface area contributed by atoms with Gasteiger partial charge in [0.25, 0.3) is 0 Å². The molecule has 2 fully saturated rings. The molecular weight excluding hydrogens is 538 g/mol. The van der Waals surface area contributed by atoms with Gasteiger partial charge >= 0.3 is 6.09 Å². The van der Waals surface area contributed by atoms with Crippen molar-refractivity contribution < 1.29 is 19.8 Å². The molecule has 4 N–H and O–H groups in total. The maximum absolute atomic E-state index is 13.7. The maximum atomic E-state index is 13.7. The Balaban J connectivity index is 1.63. The van der Waals surface area contributed by atoms with Crippen LogP contribution in [-0.2, 0) is 16.8 Å². The highest BCUT2D eigenvalue weighted by Gasteiger charge is 2.43. The number of nitrogens with one attached hydrogen (secondary N) is 2. The van der Waals surface area contributed by atoms with E-state index in [1.807, 2.05) is 42.3 Å². The van der Waals surface area contributed by atoms with Crippen molar-refractivity contribution in [3.63, 3.8) is 0 Å². The van der Waals surface area contributed by atoms with Crippen LogP contribution in [0.3, 0.4) is 0 Å². The molecule has 1 aliphatic carbocycles. The van der Waals surface area contributed by atoms with Gasteiger partial charge in [0, 0.05) is 42.1 Å². The number of halogens is 1. The molecule has 1 saturated heterocycles. The van der Waals surface area contributed by atoms with E-state index in [-0.39, 0.29) is 24.3 Å². The zero-order valence-electron chi connectivity index (χ0n) is 24.5. The number of likely N-dealkylation sites (tertiary alicyclic amines) is 1. The van der Waals surface area contributed by atoms with Crippen molar-refractivity contribution in [2.75, 3.05) is 33.2 Å². The average Bonchev–Trinajstić information content (AvgIpc) is 2.99. The lowest BCUT2D eigenvalue weighted by molar-refractivity contribution is -0.142. The molecule has 224 valence electrons. The van der Waals surface area contributed by atoms with Gasteiger partial charge in [-0.15, -0.1) is 0 Å². The quantitative estimate of drug-likeness (QED) is 0.241. The number of rotatable bonds is 11. The van der Waals surface area contributed by atoms with Crippen molar-refractivity contribution in [2.45, 2.75) is 70.3 Å². The number of benzene rings is 2. The summed E-state index contributed by atoms with van der Waals surface area (Å²) in [7, 11) is 1.98. The lowest BCUT2D eigenvalue weighted by Gasteiger charge is -2.44. The normalized spacial score (nSPS) is 22.6. The summed E-state index contributed by atoms with van der Waals surface area (Å²) in [5.41, 5.74) is 2.41. The van der Waals surface area contributed by atoms with Crippen LogP contribution in [0, 0.1) is 17.8 Å². The largest absolute Gasteiger partial charge is 0.465 e. The van der Waals surface area contributed by atoms with Crippen LogP contribution in [0.2, 0.25) is 5.02 Å². The van der Waals surface area contributed by atoms with E-state index in [1.54, 1.807) is 0 Å². The van der Waals surface area contributed by atoms with Gasteiger partial charge in [0.2, 0.25) is 5.91 Å². The number of nitrogens with zero attached hydrogens (tertiary/aromatic N) is 1. The van der Waals surface area contributed by atoms with Gasteiger partial charge in [0.05, 0.1) is 5.60 Å². The third-order valence-electron chi connectivity index (χ3n) is 9.21. The first kappa shape index (κ1) is 31.3. The first-order valence-electron chi connectivity index (χ1n) is 15.3. The summed E-state index contributed by atoms with van der Waals surface area (Å²) in [6.07, 6.45) is 6.20. The van der Waals surface area contributed by atoms with E-state index in [4.69, 9.17) is 16.7 Å². The molecule has 0 aromatic heterocycles. The number of amides is 2. The van der Waals surface area contributed by atoms with Gasteiger partial charge in [-0.25, -0.2) is 4.79 Å². The van der Waals surface area contributed by atoms with E-state index in [0.717, 1.165) is 68.2 Å². The Bertz CT molecular complexity index is 1180. The number of hydrogen-bond acceptors (Lipinski definition) is 4. The molecule has 2 aromatic rings. The standard InChI is InChI=1S/C33H46ClN3O4/c1-3-23-8-4-9-26(20-23)30-28(11-5-12-29(30)34)33(41,17-7-18-36-32(39)40)27-10-6-19-37(22-27)31(38)25-15-13-24(14-16-25)21-35-2/h4-5,8-9,11-12,20,24-25,27,35-36,41H,3,6-7,10,13-19,21-22H2,1-2H3,(H,39,40)/t24?,25?,27-,33?/m1/s1. The summed E-state index contributed by atoms with van der Waals surface area (Å²) in [6, 6.07) is 13.9. The minimum atomic E-state index is -1.29. The zero-order valence-corrected chi connectivity index (χ0v) is 25.3. The monoisotopic (exact) mass is 583 g/mol. The number of carbonyl (C=O) groups excluding carboxylic acids is 1. The highest BCUT2D eigenvalue weighted by Crippen LogP contribution is 2.46. The Morgan fingerprint density at radius 1 is 1.10 bits per heavy atom. The minimum absolute atomic E-state index is 0.0493. The predicted molar refractivity (Wildman–Crippen MR) is 164 cm³/mol. The van der Waals surface area contributed by atoms with E-state index in [9.17, 15) is 14.7 Å². The zero-order chi connectivity index (χ0) is 29.4. The van der Waals surface area contributed by atoms with Crippen molar-refractivity contribution in [1.29, 1.82) is 0 Å². The summed E-state index contributed by atoms with van der Waals surface area (Å²) in [5.74, 6) is 0.704. The number of carboxylic acid groups (broad SMARTS) is 1. The molecule has 41 heavy (non-hydrogen) atoms. The van der Waals surface area contributed by atoms with Gasteiger partial charge in [0.1, 0.15) is 0 Å². The molecule has 0 bridgehead atoms. The van der Waals surface area contributed by atoms with Crippen LogP contribution in [-0.4, -0.2) is 60.3 Å². The summed E-state index contributed by atoms with van der Waals surface area (Å²) in [6.45, 7) is 4.55. The molecule has 7 nitrogen and oxygen atoms in total. The van der Waals surface area contributed by atoms with Crippen LogP contribution in [0.1, 0.15) is 69.4 Å². The summed E-state index contributed by atoms with van der Waals surface area (Å²) in [4.78, 5) is 26.8. The second kappa shape index (κ2) is 14.5. The van der Waals surface area contributed by atoms with Crippen molar-refractivity contribution in [3.8, 4) is 11.1 Å². The molecule has 1 aliphatic heterocycles. The second-order valence-corrected chi connectivity index (χ2v) is 12.3. The smallest absolute Gasteiger partial charge is 0.404 e. The molecule has 2 aliphatic rings. The number of aryl methyl sites for hydroxylation is 1. The SMILES string of the molecule is CCc1cccc(-c2c(Cl)cccc2C(O)(CCCNC(=O)O)[C@@H]2CCCN(C(=O)C3CCC(CNC)CC3)C2)c1. The van der Waals surface area contributed by atoms with Crippen LogP contribution >= 0.6 is 11.6 Å². The Kier molecular flexibility index (Phi) is 11.1. The molecule has 1 unspecified atom stereocenters. The van der Waals surface area contributed by atoms with E-state index in [1.165, 1.54) is 5.56 Å². The average molecular weight is 584 g/mol. The van der Waals surface area contributed by atoms with E-state index < -0.39 is 11.7 Å². The fourth-order valence-corrected chi connectivity index (χ4v) is 7.25. The molecule has 0 spiro atoms. The highest BCUT2D eigenvalue weighted by molar-refractivity contribution is 6.33. The van der Waals surface area contributed by atoms with Gasteiger partial charge in [-0.2, -0.15) is 0 Å². The molecule has 4 rings (SSSR count). The molecule has 2 atom stereocenters. The molecular formula is C33H46ClN3O4. The number of hydrogen-bond donors (Lipinski definition) is 4. The Labute approximate surface area is 249 Å². The minimum Gasteiger partial charge on any atom is -0.465 e. The van der Waals surface area contributed by atoms with Crippen molar-refractivity contribution in [1.82, 2.24) is 15.5 Å². The first-order chi connectivity index (χ1) is 19.8. The van der Waals surface area contributed by atoms with Crippen molar-refractivity contribution in [2.24, 2.45) is 17.8 Å². The molecule has 8 heteroatoms. The van der Waals surface area contributed by atoms with Crippen LogP contribution in [0.15, 0.2) is 42.5 Å². The highest BCUT2D eigenvalue weighted by atomic mass is 35.5. The van der Waals surface area contributed by atoms with E-state index >= 15 is 0 Å². The number of carbonyl (C=O) groups is 2. The summed E-state index contributed by atoms with van der Waals surface area (Å²) >= 11 is 6.85. The Morgan fingerprint density at radius 2 is 1.85 bits per heavy atom. The topological polar surface area (TPSA) is 102 Å². The number of piperidine rings is 1. The van der Waals surface area contributed by atoms with Crippen LogP contribution in [0.25, 0.3) is 11.1 Å². The van der Waals surface area contributed by atoms with Gasteiger partial charge in [-0.05, 0) is 100 Å². The fraction of sp³-hybridized carbons (Fsp3) is 0.576. The Morgan fingerprint density at radius 3 is 2.56 bits per heavy atom. The molecule has 2 aromatic carbocycles. The summed E-state index contributed by atoms with van der Waals surface area (Å²) < 4.78 is 0. The lowest BCUT2D eigenvalue weighted by Crippen LogP contribution is -2.50. The van der Waals surface area contributed by atoms with Crippen LogP contribution < -0.4 is 10.6 Å². The second-order valence-electron chi connectivity index (χ2n) is 11.9.